The molecule has 1 aliphatic heterocycles. The zero-order valence-corrected chi connectivity index (χ0v) is 20.1. The number of piperidine rings is 1. The maximum absolute atomic E-state index is 5.07. The molecule has 4 heterocycles. The molecule has 1 unspecified atom stereocenters. The van der Waals surface area contributed by atoms with Crippen LogP contribution in [0.15, 0.2) is 66.0 Å². The van der Waals surface area contributed by atoms with Crippen LogP contribution in [0, 0.1) is 0 Å². The van der Waals surface area contributed by atoms with Gasteiger partial charge in [0.05, 0.1) is 5.69 Å². The van der Waals surface area contributed by atoms with E-state index in [1.165, 1.54) is 23.3 Å². The summed E-state index contributed by atoms with van der Waals surface area (Å²) in [7, 11) is 2.08. The summed E-state index contributed by atoms with van der Waals surface area (Å²) in [5.74, 6) is 1.40. The van der Waals surface area contributed by atoms with Crippen molar-refractivity contribution in [3.8, 4) is 0 Å². The van der Waals surface area contributed by atoms with E-state index in [1.807, 2.05) is 34.7 Å². The summed E-state index contributed by atoms with van der Waals surface area (Å²) >= 11 is 1.83. The monoisotopic (exact) mass is 456 g/mol. The van der Waals surface area contributed by atoms with Crippen LogP contribution >= 0.6 is 11.8 Å². The van der Waals surface area contributed by atoms with Crippen molar-refractivity contribution in [3.63, 3.8) is 0 Å². The van der Waals surface area contributed by atoms with E-state index < -0.39 is 0 Å². The fourth-order valence-corrected chi connectivity index (χ4v) is 5.25. The van der Waals surface area contributed by atoms with Gasteiger partial charge in [-0.3, -0.25) is 9.88 Å². The fraction of sp³-hybridized carbons (Fsp3) is 0.320. The zero-order chi connectivity index (χ0) is 22.6. The number of likely N-dealkylation sites (tertiary alicyclic amines) is 1. The number of hydrogen-bond donors (Lipinski definition) is 1. The van der Waals surface area contributed by atoms with Gasteiger partial charge in [0.15, 0.2) is 5.65 Å². The predicted octanol–water partition coefficient (Wildman–Crippen LogP) is 3.10. The number of pyridine rings is 1. The lowest BCUT2D eigenvalue weighted by Crippen LogP contribution is -2.34. The molecule has 1 atom stereocenters. The molecule has 0 saturated carbocycles. The van der Waals surface area contributed by atoms with Crippen molar-refractivity contribution < 1.29 is 0 Å². The molecule has 1 saturated heterocycles. The molecular weight excluding hydrogens is 427 g/mol. The highest BCUT2D eigenvalue weighted by atomic mass is 32.2. The van der Waals surface area contributed by atoms with Crippen molar-refractivity contribution in [2.75, 3.05) is 24.7 Å². The third-order valence-electron chi connectivity index (χ3n) is 6.37. The maximum atomic E-state index is 5.07. The van der Waals surface area contributed by atoms with E-state index in [-0.39, 0.29) is 0 Å². The van der Waals surface area contributed by atoms with Crippen LogP contribution in [0.25, 0.3) is 5.65 Å². The Hall–Kier alpha value is -2.84. The van der Waals surface area contributed by atoms with Crippen LogP contribution in [0.3, 0.4) is 0 Å². The lowest BCUT2D eigenvalue weighted by atomic mass is 9.93. The van der Waals surface area contributed by atoms with Gasteiger partial charge in [-0.05, 0) is 54.4 Å². The molecule has 0 spiro atoms. The van der Waals surface area contributed by atoms with Crippen LogP contribution in [0.4, 0.5) is 5.82 Å². The molecule has 6 nitrogen and oxygen atoms in total. The van der Waals surface area contributed by atoms with E-state index in [1.54, 1.807) is 6.20 Å². The first-order valence-electron chi connectivity index (χ1n) is 11.5. The number of rotatable bonds is 7. The van der Waals surface area contributed by atoms with Crippen molar-refractivity contribution in [2.45, 2.75) is 36.7 Å². The quantitative estimate of drug-likeness (QED) is 0.341. The van der Waals surface area contributed by atoms with Gasteiger partial charge >= 0.3 is 0 Å². The maximum Gasteiger partial charge on any atom is 0.151 e. The van der Waals surface area contributed by atoms with Crippen LogP contribution in [0.5, 0.6) is 0 Å². The van der Waals surface area contributed by atoms with Crippen molar-refractivity contribution in [3.05, 3.63) is 77.9 Å². The molecule has 4 aromatic rings. The Bertz CT molecular complexity index is 1230. The lowest BCUT2D eigenvalue weighted by Gasteiger charge is -2.33. The minimum atomic E-state index is 0.415. The fourth-order valence-electron chi connectivity index (χ4n) is 4.64. The Morgan fingerprint density at radius 3 is 2.94 bits per heavy atom. The second kappa shape index (κ2) is 9.97. The highest BCUT2D eigenvalue weighted by molar-refractivity contribution is 7.98. The van der Waals surface area contributed by atoms with Crippen LogP contribution in [-0.2, 0) is 13.1 Å². The molecule has 3 aromatic heterocycles. The molecule has 0 radical (unpaired) electrons. The molecular formula is C25H29BN6S. The van der Waals surface area contributed by atoms with E-state index in [2.05, 4.69) is 70.8 Å². The number of thioether (sulfide) groups is 1. The van der Waals surface area contributed by atoms with Crippen molar-refractivity contribution in [2.24, 2.45) is 0 Å². The van der Waals surface area contributed by atoms with Crippen LogP contribution < -0.4 is 10.8 Å². The largest absolute Gasteiger partial charge is 0.366 e. The number of nitrogens with one attached hydrogen (secondary N) is 1. The number of hydrogen-bond acceptors (Lipinski definition) is 6. The first kappa shape index (κ1) is 22.0. The van der Waals surface area contributed by atoms with E-state index >= 15 is 0 Å². The summed E-state index contributed by atoms with van der Waals surface area (Å²) < 4.78 is 1.92. The van der Waals surface area contributed by atoms with E-state index in [0.29, 0.717) is 12.5 Å². The Labute approximate surface area is 200 Å². The molecule has 168 valence electrons. The predicted molar refractivity (Wildman–Crippen MR) is 138 cm³/mol. The molecule has 0 aliphatic carbocycles. The summed E-state index contributed by atoms with van der Waals surface area (Å²) in [6.45, 7) is 3.86. The van der Waals surface area contributed by atoms with Crippen LogP contribution in [0.1, 0.15) is 35.6 Å². The second-order valence-corrected chi connectivity index (χ2v) is 9.58. The Morgan fingerprint density at radius 1 is 1.18 bits per heavy atom. The first-order valence-corrected chi connectivity index (χ1v) is 12.8. The summed E-state index contributed by atoms with van der Waals surface area (Å²) in [6.07, 6.45) is 10.1. The van der Waals surface area contributed by atoms with Gasteiger partial charge in [0.25, 0.3) is 0 Å². The molecule has 5 rings (SSSR count). The van der Waals surface area contributed by atoms with Crippen LogP contribution in [0.2, 0.25) is 0 Å². The van der Waals surface area contributed by atoms with Gasteiger partial charge in [-0.25, -0.2) is 4.98 Å². The number of benzene rings is 1. The molecule has 1 N–H and O–H groups in total. The topological polar surface area (TPSA) is 58.4 Å². The second-order valence-electron chi connectivity index (χ2n) is 8.73. The SMILES string of the molecule is Bc1cnn2c(NCc3cccnc3)cc(C3CCCN(Cc4ccccc4SC)C3)nc12. The highest BCUT2D eigenvalue weighted by Crippen LogP contribution is 2.30. The van der Waals surface area contributed by atoms with E-state index in [4.69, 9.17) is 4.98 Å². The molecule has 8 heteroatoms. The van der Waals surface area contributed by atoms with Gasteiger partial charge in [0.1, 0.15) is 13.7 Å². The summed E-state index contributed by atoms with van der Waals surface area (Å²) in [6, 6.07) is 15.0. The van der Waals surface area contributed by atoms with E-state index in [9.17, 15) is 0 Å². The van der Waals surface area contributed by atoms with Gasteiger partial charge in [-0.2, -0.15) is 9.61 Å². The first-order chi connectivity index (χ1) is 16.2. The third-order valence-corrected chi connectivity index (χ3v) is 7.21. The number of anilines is 1. The molecule has 1 aliphatic rings. The van der Waals surface area contributed by atoms with Crippen molar-refractivity contribution in [1.82, 2.24) is 24.5 Å². The number of nitrogens with zero attached hydrogens (tertiary/aromatic N) is 5. The minimum absolute atomic E-state index is 0.415. The smallest absolute Gasteiger partial charge is 0.151 e. The molecule has 1 aromatic carbocycles. The Balaban J connectivity index is 1.38. The summed E-state index contributed by atoms with van der Waals surface area (Å²) in [5.41, 5.74) is 5.75. The van der Waals surface area contributed by atoms with Gasteiger partial charge in [-0.1, -0.05) is 24.3 Å². The normalized spacial score (nSPS) is 16.8. The van der Waals surface area contributed by atoms with Crippen molar-refractivity contribution in [1.29, 1.82) is 0 Å². The number of fused-ring (bicyclic) bond motifs is 1. The molecule has 0 amide bonds. The highest BCUT2D eigenvalue weighted by Gasteiger charge is 2.24. The van der Waals surface area contributed by atoms with Gasteiger partial charge < -0.3 is 5.32 Å². The van der Waals surface area contributed by atoms with Gasteiger partial charge in [-0.15, -0.1) is 11.8 Å². The number of aromatic nitrogens is 4. The van der Waals surface area contributed by atoms with Crippen molar-refractivity contribution >= 4 is 36.5 Å². The molecule has 33 heavy (non-hydrogen) atoms. The lowest BCUT2D eigenvalue weighted by molar-refractivity contribution is 0.197. The van der Waals surface area contributed by atoms with E-state index in [0.717, 1.165) is 47.8 Å². The minimum Gasteiger partial charge on any atom is -0.366 e. The average molecular weight is 456 g/mol. The Morgan fingerprint density at radius 2 is 2.09 bits per heavy atom. The third kappa shape index (κ3) is 4.92. The van der Waals surface area contributed by atoms with Gasteiger partial charge in [0.2, 0.25) is 0 Å². The standard InChI is InChI=1S/C25H29BN6S/c1-33-23-9-3-2-7-20(23)17-31-11-5-8-19(16-31)22-12-24(28-14-18-6-4-10-27-13-18)32-25(30-22)21(26)15-29-32/h2-4,6-7,9-10,12-13,15,19,28H,5,8,11,14,16-17,26H2,1H3. The zero-order valence-electron chi connectivity index (χ0n) is 19.2. The Kier molecular flexibility index (Phi) is 6.64. The molecule has 0 bridgehead atoms. The van der Waals surface area contributed by atoms with Crippen LogP contribution in [-0.4, -0.2) is 51.7 Å². The van der Waals surface area contributed by atoms with Gasteiger partial charge in [0, 0.05) is 55.1 Å². The summed E-state index contributed by atoms with van der Waals surface area (Å²) in [4.78, 5) is 13.2. The molecule has 1 fully saturated rings. The average Bonchev–Trinajstić information content (AvgIpc) is 3.24. The summed E-state index contributed by atoms with van der Waals surface area (Å²) in [5, 5.41) is 8.14.